The zero-order chi connectivity index (χ0) is 22.2. The highest BCUT2D eigenvalue weighted by Gasteiger charge is 2.64. The van der Waals surface area contributed by atoms with Crippen LogP contribution in [0.4, 0.5) is 0 Å². The van der Waals surface area contributed by atoms with Crippen LogP contribution in [0.1, 0.15) is 50.5 Å². The number of carboxylic acids is 1. The first-order valence-corrected chi connectivity index (χ1v) is 9.75. The highest BCUT2D eigenvalue weighted by atomic mass is 16.5. The molecule has 164 valence electrons. The lowest BCUT2D eigenvalue weighted by Crippen LogP contribution is -2.77. The summed E-state index contributed by atoms with van der Waals surface area (Å²) in [6.07, 6.45) is -0.681. The maximum Gasteiger partial charge on any atom is 0.339 e. The van der Waals surface area contributed by atoms with Crippen LogP contribution in [0.2, 0.25) is 0 Å². The lowest BCUT2D eigenvalue weighted by molar-refractivity contribution is -0.301. The molecule has 29 heavy (non-hydrogen) atoms. The van der Waals surface area contributed by atoms with Gasteiger partial charge in [-0.15, -0.1) is 0 Å². The fourth-order valence-corrected chi connectivity index (χ4v) is 4.56. The summed E-state index contributed by atoms with van der Waals surface area (Å²) in [7, 11) is 0. The molecule has 6 N–H and O–H groups in total. The van der Waals surface area contributed by atoms with Gasteiger partial charge in [0, 0.05) is 12.0 Å². The molecule has 0 bridgehead atoms. The number of ether oxygens (including phenoxy) is 1. The second-order valence-corrected chi connectivity index (χ2v) is 8.82. The zero-order valence-corrected chi connectivity index (χ0v) is 17.6. The third kappa shape index (κ3) is 3.87. The van der Waals surface area contributed by atoms with Gasteiger partial charge in [0.2, 0.25) is 0 Å². The van der Waals surface area contributed by atoms with E-state index < -0.39 is 34.7 Å². The topological polar surface area (TPSA) is 139 Å². The Labute approximate surface area is 171 Å². The number of carboxylic acid groups (broad SMARTS) is 1. The molecule has 1 fully saturated rings. The van der Waals surface area contributed by atoms with E-state index in [2.05, 4.69) is 5.32 Å². The predicted octanol–water partition coefficient (Wildman–Crippen LogP) is 1.10. The predicted molar refractivity (Wildman–Crippen MR) is 107 cm³/mol. The molecule has 0 aliphatic carbocycles. The van der Waals surface area contributed by atoms with E-state index in [1.54, 1.807) is 19.9 Å². The molecular formula is C21H33NO7. The summed E-state index contributed by atoms with van der Waals surface area (Å²) in [5.41, 5.74) is -3.01. The molecule has 8 nitrogen and oxygen atoms in total. The molecular weight excluding hydrogens is 378 g/mol. The number of hydrogen-bond donors (Lipinski definition) is 6. The van der Waals surface area contributed by atoms with E-state index in [-0.39, 0.29) is 37.0 Å². The van der Waals surface area contributed by atoms with Crippen molar-refractivity contribution in [1.82, 2.24) is 5.32 Å². The van der Waals surface area contributed by atoms with Crippen molar-refractivity contribution in [3.63, 3.8) is 0 Å². The summed E-state index contributed by atoms with van der Waals surface area (Å²) >= 11 is 0. The average molecular weight is 411 g/mol. The molecule has 8 heteroatoms. The Balaban J connectivity index is 2.40. The van der Waals surface area contributed by atoms with Crippen molar-refractivity contribution in [2.75, 3.05) is 13.2 Å². The van der Waals surface area contributed by atoms with E-state index in [1.807, 2.05) is 20.8 Å². The molecule has 4 unspecified atom stereocenters. The Kier molecular flexibility index (Phi) is 6.66. The van der Waals surface area contributed by atoms with Crippen LogP contribution in [0.25, 0.3) is 0 Å². The van der Waals surface area contributed by atoms with Crippen molar-refractivity contribution in [3.8, 4) is 5.75 Å². The minimum Gasteiger partial charge on any atom is -0.507 e. The normalized spacial score (nSPS) is 35.1. The van der Waals surface area contributed by atoms with Gasteiger partial charge in [-0.3, -0.25) is 0 Å². The van der Waals surface area contributed by atoms with Crippen molar-refractivity contribution in [2.45, 2.75) is 64.5 Å². The maximum atomic E-state index is 11.7. The van der Waals surface area contributed by atoms with Crippen molar-refractivity contribution < 1.29 is 35.1 Å². The molecule has 1 saturated heterocycles. The van der Waals surface area contributed by atoms with Crippen LogP contribution < -0.4 is 5.32 Å². The number of benzene rings is 1. The van der Waals surface area contributed by atoms with Crippen molar-refractivity contribution in [2.24, 2.45) is 11.3 Å². The van der Waals surface area contributed by atoms with Crippen LogP contribution in [-0.4, -0.2) is 68.1 Å². The third-order valence-corrected chi connectivity index (χ3v) is 6.82. The standard InChI is InChI=1S/C21H33NO7/c1-12(2)20(4)16(10-23)29-19(3,11-24)18(21(20,5)28)22-9-13-6-7-15(25)14(8-13)17(26)27/h6-8,12,16,18,22-25,28H,9-11H2,1-5H3,(H,26,27)/t16?,18?,19?,20?,21-/m0/s1. The first-order chi connectivity index (χ1) is 13.3. The number of nitrogens with one attached hydrogen (secondary N) is 1. The molecule has 1 aromatic carbocycles. The van der Waals surface area contributed by atoms with Gasteiger partial charge in [0.15, 0.2) is 0 Å². The molecule has 0 amide bonds. The Morgan fingerprint density at radius 2 is 1.86 bits per heavy atom. The van der Waals surface area contributed by atoms with Crippen molar-refractivity contribution in [3.05, 3.63) is 29.3 Å². The fourth-order valence-electron chi connectivity index (χ4n) is 4.56. The summed E-state index contributed by atoms with van der Waals surface area (Å²) in [6, 6.07) is 3.53. The summed E-state index contributed by atoms with van der Waals surface area (Å²) < 4.78 is 6.11. The number of carbonyl (C=O) groups is 1. The number of phenols is 1. The van der Waals surface area contributed by atoms with Crippen LogP contribution in [0, 0.1) is 11.3 Å². The number of hydrogen-bond acceptors (Lipinski definition) is 7. The van der Waals surface area contributed by atoms with Crippen molar-refractivity contribution in [1.29, 1.82) is 0 Å². The van der Waals surface area contributed by atoms with Crippen LogP contribution in [0.5, 0.6) is 5.75 Å². The van der Waals surface area contributed by atoms with Crippen LogP contribution in [0.15, 0.2) is 18.2 Å². The van der Waals surface area contributed by atoms with Crippen LogP contribution in [-0.2, 0) is 11.3 Å². The van der Waals surface area contributed by atoms with Gasteiger partial charge in [-0.1, -0.05) is 26.8 Å². The maximum absolute atomic E-state index is 11.7. The monoisotopic (exact) mass is 411 g/mol. The number of aromatic hydroxyl groups is 1. The Morgan fingerprint density at radius 3 is 2.34 bits per heavy atom. The fraction of sp³-hybridized carbons (Fsp3) is 0.667. The summed E-state index contributed by atoms with van der Waals surface area (Å²) in [6.45, 7) is 8.57. The van der Waals surface area contributed by atoms with E-state index in [9.17, 15) is 30.3 Å². The second-order valence-electron chi connectivity index (χ2n) is 8.82. The zero-order valence-electron chi connectivity index (χ0n) is 17.6. The molecule has 0 saturated carbocycles. The lowest BCUT2D eigenvalue weighted by Gasteiger charge is -2.62. The summed E-state index contributed by atoms with van der Waals surface area (Å²) in [5, 5.41) is 53.7. The quantitative estimate of drug-likeness (QED) is 0.392. The van der Waals surface area contributed by atoms with E-state index in [0.717, 1.165) is 0 Å². The molecule has 1 aliphatic heterocycles. The number of rotatable bonds is 7. The van der Waals surface area contributed by atoms with Gasteiger partial charge in [-0.25, -0.2) is 4.79 Å². The van der Waals surface area contributed by atoms with Gasteiger partial charge < -0.3 is 35.6 Å². The van der Waals surface area contributed by atoms with Gasteiger partial charge in [-0.05, 0) is 37.5 Å². The van der Waals surface area contributed by atoms with Crippen LogP contribution in [0.3, 0.4) is 0 Å². The number of aliphatic hydroxyl groups is 3. The van der Waals surface area contributed by atoms with E-state index in [1.165, 1.54) is 12.1 Å². The molecule has 1 aromatic rings. The van der Waals surface area contributed by atoms with E-state index in [4.69, 9.17) is 4.74 Å². The Bertz CT molecular complexity index is 751. The molecule has 0 spiro atoms. The molecule has 1 aliphatic rings. The number of aromatic carboxylic acids is 1. The van der Waals surface area contributed by atoms with Gasteiger partial charge in [0.1, 0.15) is 16.9 Å². The largest absolute Gasteiger partial charge is 0.507 e. The van der Waals surface area contributed by atoms with E-state index >= 15 is 0 Å². The molecule has 0 radical (unpaired) electrons. The highest BCUT2D eigenvalue weighted by molar-refractivity contribution is 5.90. The van der Waals surface area contributed by atoms with Crippen LogP contribution >= 0.6 is 0 Å². The van der Waals surface area contributed by atoms with Crippen molar-refractivity contribution >= 4 is 5.97 Å². The molecule has 1 heterocycles. The SMILES string of the molecule is CC(C)C1(C)C(CO)OC(C)(CO)C(NCc2ccc(O)c(C(=O)O)c2)[C@]1(C)O. The van der Waals surface area contributed by atoms with Gasteiger partial charge in [-0.2, -0.15) is 0 Å². The Morgan fingerprint density at radius 1 is 1.24 bits per heavy atom. The van der Waals surface area contributed by atoms with Gasteiger partial charge in [0.25, 0.3) is 0 Å². The molecule has 0 aromatic heterocycles. The summed E-state index contributed by atoms with van der Waals surface area (Å²) in [4.78, 5) is 11.3. The second kappa shape index (κ2) is 8.20. The van der Waals surface area contributed by atoms with Gasteiger partial charge in [0.05, 0.1) is 31.0 Å². The average Bonchev–Trinajstić information content (AvgIpc) is 2.65. The van der Waals surface area contributed by atoms with E-state index in [0.29, 0.717) is 5.56 Å². The molecule has 5 atom stereocenters. The highest BCUT2D eigenvalue weighted by Crippen LogP contribution is 2.52. The number of aliphatic hydroxyl groups excluding tert-OH is 2. The minimum absolute atomic E-state index is 0.0468. The third-order valence-electron chi connectivity index (χ3n) is 6.82. The first kappa shape index (κ1) is 23.6. The van der Waals surface area contributed by atoms with Gasteiger partial charge >= 0.3 is 5.97 Å². The minimum atomic E-state index is -1.38. The summed E-state index contributed by atoms with van der Waals surface area (Å²) in [5.74, 6) is -1.61. The lowest BCUT2D eigenvalue weighted by atomic mass is 9.56. The molecule has 2 rings (SSSR count). The smallest absolute Gasteiger partial charge is 0.339 e. The Hall–Kier alpha value is -1.71. The first-order valence-electron chi connectivity index (χ1n) is 9.75.